The Bertz CT molecular complexity index is 4600. The second kappa shape index (κ2) is 32.6. The summed E-state index contributed by atoms with van der Waals surface area (Å²) >= 11 is 3.40. The Hall–Kier alpha value is -10.9. The smallest absolute Gasteiger partial charge is 0.256 e. The summed E-state index contributed by atoms with van der Waals surface area (Å²) < 4.78 is 22.6. The van der Waals surface area contributed by atoms with E-state index in [9.17, 15) is 14.4 Å². The highest BCUT2D eigenvalue weighted by Crippen LogP contribution is 2.28. The molecule has 9 aromatic heterocycles. The minimum atomic E-state index is -0.249. The highest BCUT2D eigenvalue weighted by Gasteiger charge is 2.20. The van der Waals surface area contributed by atoms with Gasteiger partial charge in [0.2, 0.25) is 0 Å². The molecule has 3 aromatic carbocycles. The summed E-state index contributed by atoms with van der Waals surface area (Å²) in [5.74, 6) is 2.59. The number of halogens is 1. The highest BCUT2D eigenvalue weighted by molar-refractivity contribution is 9.10. The SMILES string of the molecule is C1COCCN1.CC(C)n1cnnc1-c1cccc(NC(=O)c2ccc3cc(Br)cnc3c2)n1.CC(C)n1cnnc1-c1cccc(NC(=O)c2ccc3cc(N4CCOCC4)cnc3c2)n1.CC(C)n1cnnc1-c1cccc(NC(=O)c2ccc3cc(N4CCOCC4)cnc3c2)n1. The predicted molar refractivity (Wildman–Crippen MR) is 387 cm³/mol. The molecule has 0 bridgehead atoms. The predicted octanol–water partition coefficient (Wildman–Crippen LogP) is 11.2. The molecule has 28 heteroatoms. The monoisotopic (exact) mass is 1410 g/mol. The van der Waals surface area contributed by atoms with E-state index < -0.39 is 0 Å². The Morgan fingerprint density at radius 1 is 0.430 bits per heavy atom. The summed E-state index contributed by atoms with van der Waals surface area (Å²) in [6.45, 7) is 22.4. The van der Waals surface area contributed by atoms with Crippen LogP contribution < -0.4 is 31.1 Å². The molecular formula is C72H76BrN21O6. The molecule has 12 heterocycles. The molecule has 0 radical (unpaired) electrons. The number of hydrogen-bond acceptors (Lipinski definition) is 21. The van der Waals surface area contributed by atoms with E-state index in [1.54, 1.807) is 67.6 Å². The molecule has 100 heavy (non-hydrogen) atoms. The largest absolute Gasteiger partial charge is 0.379 e. The number of morpholine rings is 3. The summed E-state index contributed by atoms with van der Waals surface area (Å²) in [6.07, 6.45) is 10.4. The molecule has 0 atom stereocenters. The van der Waals surface area contributed by atoms with Crippen molar-refractivity contribution in [2.24, 2.45) is 0 Å². The number of carbonyl (C=O) groups is 3. The number of ether oxygens (including phenoxy) is 3. The molecule has 4 N–H and O–H groups in total. The molecule has 3 saturated heterocycles. The Morgan fingerprint density at radius 2 is 0.770 bits per heavy atom. The molecule has 3 aliphatic heterocycles. The molecule has 12 aromatic rings. The number of pyridine rings is 6. The van der Waals surface area contributed by atoms with Gasteiger partial charge in [0.25, 0.3) is 17.7 Å². The normalized spacial score (nSPS) is 13.9. The van der Waals surface area contributed by atoms with Gasteiger partial charge in [-0.25, -0.2) is 15.0 Å². The zero-order valence-electron chi connectivity index (χ0n) is 56.2. The van der Waals surface area contributed by atoms with Crippen molar-refractivity contribution >= 4 is 95.2 Å². The van der Waals surface area contributed by atoms with Gasteiger partial charge in [-0.2, -0.15) is 0 Å². The first-order valence-corrected chi connectivity index (χ1v) is 33.8. The van der Waals surface area contributed by atoms with Crippen molar-refractivity contribution in [2.45, 2.75) is 59.7 Å². The van der Waals surface area contributed by atoms with Crippen LogP contribution >= 0.6 is 15.9 Å². The third kappa shape index (κ3) is 17.3. The van der Waals surface area contributed by atoms with Gasteiger partial charge in [0.1, 0.15) is 53.5 Å². The van der Waals surface area contributed by atoms with E-state index in [0.717, 1.165) is 127 Å². The number of rotatable bonds is 14. The Kier molecular flexibility index (Phi) is 22.5. The number of nitrogens with zero attached hydrogens (tertiary/aromatic N) is 17. The number of fused-ring (bicyclic) bond motifs is 3. The zero-order chi connectivity index (χ0) is 69.5. The van der Waals surface area contributed by atoms with E-state index in [1.165, 1.54) is 0 Å². The number of amides is 3. The average molecular weight is 1410 g/mol. The fraction of sp³-hybridized carbons (Fsp3) is 0.292. The number of carbonyl (C=O) groups excluding carboxylic acids is 3. The van der Waals surface area contributed by atoms with Gasteiger partial charge < -0.3 is 59.0 Å². The summed E-state index contributed by atoms with van der Waals surface area (Å²) in [5, 5.41) is 39.2. The van der Waals surface area contributed by atoms with Crippen molar-refractivity contribution in [1.29, 1.82) is 0 Å². The van der Waals surface area contributed by atoms with E-state index in [2.05, 4.69) is 147 Å². The van der Waals surface area contributed by atoms with E-state index in [-0.39, 0.29) is 35.8 Å². The van der Waals surface area contributed by atoms with Crippen LogP contribution in [0.1, 0.15) is 90.7 Å². The summed E-state index contributed by atoms with van der Waals surface area (Å²) in [6, 6.07) is 39.5. The lowest BCUT2D eigenvalue weighted by Crippen LogP contribution is -2.36. The van der Waals surface area contributed by atoms with Crippen molar-refractivity contribution in [1.82, 2.24) is 79.5 Å². The number of hydrogen-bond donors (Lipinski definition) is 4. The second-order valence-electron chi connectivity index (χ2n) is 24.4. The average Bonchev–Trinajstić information content (AvgIpc) is 1.23. The van der Waals surface area contributed by atoms with Crippen LogP contribution in [-0.4, -0.2) is 171 Å². The molecule has 0 aliphatic carbocycles. The van der Waals surface area contributed by atoms with Crippen molar-refractivity contribution in [3.8, 4) is 34.6 Å². The van der Waals surface area contributed by atoms with Crippen LogP contribution in [-0.2, 0) is 14.2 Å². The van der Waals surface area contributed by atoms with Crippen molar-refractivity contribution in [2.75, 3.05) is 105 Å². The molecule has 0 spiro atoms. The van der Waals surface area contributed by atoms with Gasteiger partial charge in [-0.1, -0.05) is 36.4 Å². The fourth-order valence-electron chi connectivity index (χ4n) is 11.1. The first-order chi connectivity index (χ1) is 48.7. The van der Waals surface area contributed by atoms with Crippen LogP contribution in [0, 0.1) is 0 Å². The maximum atomic E-state index is 12.9. The van der Waals surface area contributed by atoms with Crippen LogP contribution in [0.4, 0.5) is 28.8 Å². The fourth-order valence-corrected chi connectivity index (χ4v) is 11.5. The first-order valence-electron chi connectivity index (χ1n) is 33.0. The summed E-state index contributed by atoms with van der Waals surface area (Å²) in [5.41, 5.74) is 7.92. The van der Waals surface area contributed by atoms with Gasteiger partial charge in [0.15, 0.2) is 17.5 Å². The quantitative estimate of drug-likeness (QED) is 0.0786. The maximum absolute atomic E-state index is 12.9. The van der Waals surface area contributed by atoms with Gasteiger partial charge in [0, 0.05) is 101 Å². The van der Waals surface area contributed by atoms with Crippen molar-refractivity contribution in [3.63, 3.8) is 0 Å². The van der Waals surface area contributed by atoms with Crippen LogP contribution in [0.15, 0.2) is 169 Å². The Balaban J connectivity index is 0.000000137. The first kappa shape index (κ1) is 69.0. The number of anilines is 5. The highest BCUT2D eigenvalue weighted by atomic mass is 79.9. The minimum Gasteiger partial charge on any atom is -0.379 e. The number of nitrogens with one attached hydrogen (secondary N) is 4. The molecule has 0 unspecified atom stereocenters. The second-order valence-corrected chi connectivity index (χ2v) is 25.3. The Morgan fingerprint density at radius 3 is 1.10 bits per heavy atom. The Labute approximate surface area is 585 Å². The number of aromatic nitrogens is 15. The molecule has 27 nitrogen and oxygen atoms in total. The van der Waals surface area contributed by atoms with Crippen molar-refractivity contribution < 1.29 is 28.6 Å². The lowest BCUT2D eigenvalue weighted by atomic mass is 10.1. The standard InChI is InChI=1S/2C24H25N7O2.C20H17BrN6O.C4H9NO/c2*1-16(2)31-15-26-29-23(31)20-4-3-5-22(27-20)28-24(32)18-7-6-17-12-19(14-25-21(17)13-18)30-8-10-33-11-9-30;1-12(2)27-11-23-26-19(27)16-4-3-5-18(24-16)25-20(28)14-7-6-13-8-15(21)10-22-17(13)9-14;1-3-6-4-2-5-1/h2*3-7,12-16H,8-11H2,1-2H3,(H,27,28,32);3-12H,1-2H3,(H,24,25,28);5H,1-4H2. The van der Waals surface area contributed by atoms with Gasteiger partial charge >= 0.3 is 0 Å². The van der Waals surface area contributed by atoms with E-state index in [0.29, 0.717) is 68.7 Å². The van der Waals surface area contributed by atoms with Gasteiger partial charge in [0.05, 0.1) is 80.0 Å². The molecule has 0 saturated carbocycles. The number of benzene rings is 3. The summed E-state index contributed by atoms with van der Waals surface area (Å²) in [4.78, 5) is 70.2. The van der Waals surface area contributed by atoms with Crippen LogP contribution in [0.5, 0.6) is 0 Å². The topological polar surface area (TPSA) is 303 Å². The molecule has 512 valence electrons. The van der Waals surface area contributed by atoms with E-state index in [1.807, 2.05) is 113 Å². The summed E-state index contributed by atoms with van der Waals surface area (Å²) in [7, 11) is 0. The van der Waals surface area contributed by atoms with Crippen LogP contribution in [0.3, 0.4) is 0 Å². The lowest BCUT2D eigenvalue weighted by molar-refractivity contribution is 0.101. The lowest BCUT2D eigenvalue weighted by Gasteiger charge is -2.28. The molecule has 3 amide bonds. The maximum Gasteiger partial charge on any atom is 0.256 e. The van der Waals surface area contributed by atoms with Crippen LogP contribution in [0.2, 0.25) is 0 Å². The van der Waals surface area contributed by atoms with Crippen LogP contribution in [0.25, 0.3) is 67.3 Å². The molecule has 3 aliphatic rings. The third-order valence-electron chi connectivity index (χ3n) is 16.4. The van der Waals surface area contributed by atoms with Gasteiger partial charge in [-0.3, -0.25) is 29.3 Å². The van der Waals surface area contributed by atoms with E-state index in [4.69, 9.17) is 14.2 Å². The minimum absolute atomic E-state index is 0.198. The molecule has 15 rings (SSSR count). The molecule has 3 fully saturated rings. The van der Waals surface area contributed by atoms with Crippen molar-refractivity contribution in [3.05, 3.63) is 186 Å². The molecular weight excluding hydrogens is 1330 g/mol. The third-order valence-corrected chi connectivity index (χ3v) is 16.9. The zero-order valence-corrected chi connectivity index (χ0v) is 57.8. The van der Waals surface area contributed by atoms with Gasteiger partial charge in [-0.05, 0) is 148 Å². The van der Waals surface area contributed by atoms with Gasteiger partial charge in [-0.15, -0.1) is 30.6 Å². The van der Waals surface area contributed by atoms with E-state index >= 15 is 0 Å².